The van der Waals surface area contributed by atoms with Crippen LogP contribution in [0, 0.1) is 0 Å². The van der Waals surface area contributed by atoms with E-state index in [1.54, 1.807) is 23.3 Å². The van der Waals surface area contributed by atoms with E-state index in [9.17, 15) is 0 Å². The van der Waals surface area contributed by atoms with Gasteiger partial charge in [0.05, 0.1) is 0 Å². The Hall–Kier alpha value is -2.77. The van der Waals surface area contributed by atoms with Gasteiger partial charge in [0.25, 0.3) is 5.95 Å². The summed E-state index contributed by atoms with van der Waals surface area (Å²) in [5.74, 6) is 2.15. The molecular weight excluding hydrogens is 256 g/mol. The van der Waals surface area contributed by atoms with Gasteiger partial charge in [0.15, 0.2) is 5.82 Å². The van der Waals surface area contributed by atoms with Crippen molar-refractivity contribution in [3.05, 3.63) is 30.9 Å². The van der Waals surface area contributed by atoms with E-state index in [-0.39, 0.29) is 0 Å². The van der Waals surface area contributed by atoms with Crippen molar-refractivity contribution in [3.8, 4) is 17.6 Å². The predicted molar refractivity (Wildman–Crippen MR) is 73.3 cm³/mol. The Balaban J connectivity index is 2.12. The van der Waals surface area contributed by atoms with Gasteiger partial charge in [0.1, 0.15) is 0 Å². The molecule has 3 heterocycles. The van der Waals surface area contributed by atoms with E-state index >= 15 is 0 Å². The van der Waals surface area contributed by atoms with Crippen molar-refractivity contribution in [1.82, 2.24) is 34.3 Å². The summed E-state index contributed by atoms with van der Waals surface area (Å²) in [6.07, 6.45) is 7.02. The molecule has 3 rings (SSSR count). The van der Waals surface area contributed by atoms with Crippen LogP contribution in [0.4, 0.5) is 5.95 Å². The molecule has 0 aliphatic rings. The van der Waals surface area contributed by atoms with Crippen molar-refractivity contribution in [3.63, 3.8) is 0 Å². The van der Waals surface area contributed by atoms with Crippen molar-refractivity contribution in [2.75, 3.05) is 11.9 Å². The summed E-state index contributed by atoms with van der Waals surface area (Å²) in [5, 5.41) is 7.23. The van der Waals surface area contributed by atoms with Gasteiger partial charge in [-0.1, -0.05) is 0 Å². The second kappa shape index (κ2) is 5.08. The smallest absolute Gasteiger partial charge is 0.256 e. The molecule has 0 radical (unpaired) electrons. The lowest BCUT2D eigenvalue weighted by Gasteiger charge is -2.07. The number of nitrogens with zero attached hydrogens (tertiary/aromatic N) is 7. The summed E-state index contributed by atoms with van der Waals surface area (Å²) in [4.78, 5) is 17.4. The third-order valence-electron chi connectivity index (χ3n) is 2.69. The van der Waals surface area contributed by atoms with Gasteiger partial charge in [-0.3, -0.25) is 0 Å². The second-order valence-electron chi connectivity index (χ2n) is 4.13. The molecule has 0 aliphatic carbocycles. The van der Waals surface area contributed by atoms with Crippen molar-refractivity contribution in [2.24, 2.45) is 7.05 Å². The van der Waals surface area contributed by atoms with Crippen LogP contribution in [0.5, 0.6) is 0 Å². The summed E-state index contributed by atoms with van der Waals surface area (Å²) >= 11 is 0. The molecule has 0 unspecified atom stereocenters. The van der Waals surface area contributed by atoms with Gasteiger partial charge in [0.2, 0.25) is 11.8 Å². The number of nitrogens with one attached hydrogen (secondary N) is 1. The molecule has 3 aromatic rings. The standard InChI is InChI=1S/C12H14N8/c1-3-13-11-16-9(10-14-6-8-19(10)2)17-12(18-11)20-7-4-5-15-20/h4-8H,3H2,1-2H3,(H,13,16,17,18). The average molecular weight is 270 g/mol. The molecule has 0 amide bonds. The first-order chi connectivity index (χ1) is 9.78. The van der Waals surface area contributed by atoms with Crippen LogP contribution in [0.25, 0.3) is 17.6 Å². The average Bonchev–Trinajstić information content (AvgIpc) is 3.09. The van der Waals surface area contributed by atoms with Crippen molar-refractivity contribution < 1.29 is 0 Å². The molecule has 0 saturated carbocycles. The topological polar surface area (TPSA) is 86.3 Å². The van der Waals surface area contributed by atoms with E-state index in [0.29, 0.717) is 23.5 Å². The Morgan fingerprint density at radius 2 is 2.05 bits per heavy atom. The summed E-state index contributed by atoms with van der Waals surface area (Å²) in [5.41, 5.74) is 0. The molecule has 0 aliphatic heterocycles. The van der Waals surface area contributed by atoms with Gasteiger partial charge in [0, 0.05) is 38.4 Å². The number of rotatable bonds is 4. The first-order valence-electron chi connectivity index (χ1n) is 6.25. The maximum absolute atomic E-state index is 4.42. The zero-order chi connectivity index (χ0) is 13.9. The molecule has 1 N–H and O–H groups in total. The van der Waals surface area contributed by atoms with Crippen LogP contribution in [0.3, 0.4) is 0 Å². The van der Waals surface area contributed by atoms with E-state index in [2.05, 4.69) is 30.4 Å². The summed E-state index contributed by atoms with van der Waals surface area (Å²) < 4.78 is 3.45. The fourth-order valence-corrected chi connectivity index (χ4v) is 1.77. The van der Waals surface area contributed by atoms with Gasteiger partial charge < -0.3 is 9.88 Å². The Morgan fingerprint density at radius 3 is 2.70 bits per heavy atom. The van der Waals surface area contributed by atoms with Gasteiger partial charge in [-0.15, -0.1) is 0 Å². The number of imidazole rings is 1. The van der Waals surface area contributed by atoms with Gasteiger partial charge >= 0.3 is 0 Å². The molecule has 8 nitrogen and oxygen atoms in total. The molecule has 0 saturated heterocycles. The monoisotopic (exact) mass is 270 g/mol. The number of aromatic nitrogens is 7. The van der Waals surface area contributed by atoms with Crippen LogP contribution < -0.4 is 5.32 Å². The number of hydrogen-bond acceptors (Lipinski definition) is 6. The van der Waals surface area contributed by atoms with Gasteiger partial charge in [-0.2, -0.15) is 20.1 Å². The first-order valence-corrected chi connectivity index (χ1v) is 6.25. The maximum Gasteiger partial charge on any atom is 0.256 e. The number of hydrogen-bond donors (Lipinski definition) is 1. The minimum absolute atomic E-state index is 0.457. The Labute approximate surface area is 115 Å². The highest BCUT2D eigenvalue weighted by Gasteiger charge is 2.12. The molecule has 102 valence electrons. The van der Waals surface area contributed by atoms with Crippen LogP contribution in [0.1, 0.15) is 6.92 Å². The van der Waals surface area contributed by atoms with E-state index in [1.165, 1.54) is 0 Å². The van der Waals surface area contributed by atoms with Crippen LogP contribution >= 0.6 is 0 Å². The Bertz CT molecular complexity index is 700. The summed E-state index contributed by atoms with van der Waals surface area (Å²) in [7, 11) is 1.90. The molecule has 20 heavy (non-hydrogen) atoms. The number of anilines is 1. The summed E-state index contributed by atoms with van der Waals surface area (Å²) in [6, 6.07) is 1.82. The largest absolute Gasteiger partial charge is 0.354 e. The molecule has 8 heteroatoms. The lowest BCUT2D eigenvalue weighted by molar-refractivity contribution is 0.791. The van der Waals surface area contributed by atoms with E-state index in [4.69, 9.17) is 0 Å². The SMILES string of the molecule is CCNc1nc(-c2nccn2C)nc(-n2cccn2)n1. The fourth-order valence-electron chi connectivity index (χ4n) is 1.77. The summed E-state index contributed by atoms with van der Waals surface area (Å²) in [6.45, 7) is 2.71. The normalized spacial score (nSPS) is 10.7. The maximum atomic E-state index is 4.42. The van der Waals surface area contributed by atoms with Crippen LogP contribution in [-0.4, -0.2) is 40.8 Å². The highest BCUT2D eigenvalue weighted by molar-refractivity contribution is 5.48. The molecule has 0 aromatic carbocycles. The molecule has 0 bridgehead atoms. The minimum atomic E-state index is 0.457. The lowest BCUT2D eigenvalue weighted by atomic mass is 10.5. The third kappa shape index (κ3) is 2.22. The quantitative estimate of drug-likeness (QED) is 0.757. The molecule has 0 fully saturated rings. The highest BCUT2D eigenvalue weighted by Crippen LogP contribution is 2.14. The molecule has 0 atom stereocenters. The predicted octanol–water partition coefficient (Wildman–Crippen LogP) is 0.890. The van der Waals surface area contributed by atoms with Gasteiger partial charge in [-0.25, -0.2) is 9.67 Å². The minimum Gasteiger partial charge on any atom is -0.354 e. The van der Waals surface area contributed by atoms with Crippen molar-refractivity contribution in [1.29, 1.82) is 0 Å². The van der Waals surface area contributed by atoms with Crippen LogP contribution in [-0.2, 0) is 7.05 Å². The highest BCUT2D eigenvalue weighted by atomic mass is 15.4. The molecule has 0 spiro atoms. The number of aryl methyl sites for hydroxylation is 1. The van der Waals surface area contributed by atoms with Gasteiger partial charge in [-0.05, 0) is 13.0 Å². The van der Waals surface area contributed by atoms with Crippen molar-refractivity contribution in [2.45, 2.75) is 6.92 Å². The van der Waals surface area contributed by atoms with E-state index in [0.717, 1.165) is 6.54 Å². The first kappa shape index (κ1) is 12.3. The van der Waals surface area contributed by atoms with E-state index in [1.807, 2.05) is 30.8 Å². The lowest BCUT2D eigenvalue weighted by Crippen LogP contribution is -2.11. The third-order valence-corrected chi connectivity index (χ3v) is 2.69. The molecule has 3 aromatic heterocycles. The fraction of sp³-hybridized carbons (Fsp3) is 0.250. The Morgan fingerprint density at radius 1 is 1.15 bits per heavy atom. The van der Waals surface area contributed by atoms with Crippen LogP contribution in [0.2, 0.25) is 0 Å². The zero-order valence-corrected chi connectivity index (χ0v) is 11.2. The second-order valence-corrected chi connectivity index (χ2v) is 4.13. The zero-order valence-electron chi connectivity index (χ0n) is 11.2. The van der Waals surface area contributed by atoms with E-state index < -0.39 is 0 Å². The van der Waals surface area contributed by atoms with Crippen molar-refractivity contribution >= 4 is 5.95 Å². The van der Waals surface area contributed by atoms with Crippen LogP contribution in [0.15, 0.2) is 30.9 Å². The molecular formula is C12H14N8. The Kier molecular flexibility index (Phi) is 3.12.